The molecular formula is C29H28F3N5O2S. The number of hydrogen-bond acceptors (Lipinski definition) is 5. The van der Waals surface area contributed by atoms with Gasteiger partial charge in [0.05, 0.1) is 21.0 Å². The highest BCUT2D eigenvalue weighted by molar-refractivity contribution is 7.15. The Balaban J connectivity index is 1.26. The van der Waals surface area contributed by atoms with Gasteiger partial charge >= 0.3 is 6.18 Å². The molecule has 2 fully saturated rings. The Morgan fingerprint density at radius 2 is 1.85 bits per heavy atom. The quantitative estimate of drug-likeness (QED) is 0.309. The number of rotatable bonds is 6. The minimum Gasteiger partial charge on any atom is -0.349 e. The number of hydrogen-bond donors (Lipinski definition) is 1. The van der Waals surface area contributed by atoms with E-state index in [4.69, 9.17) is 0 Å². The van der Waals surface area contributed by atoms with Crippen LogP contribution in [0.2, 0.25) is 0 Å². The van der Waals surface area contributed by atoms with Crippen LogP contribution < -0.4 is 5.32 Å². The molecule has 2 amide bonds. The third-order valence-corrected chi connectivity index (χ3v) is 8.85. The SMILES string of the molecule is Cn1nc(C(=O)NC[C@@H]2CCCCN2C(=O)c2nc(C3CC3)sc2-c2cccc(C(F)(F)F)c2)c2ccccc21. The summed E-state index contributed by atoms with van der Waals surface area (Å²) in [6.45, 7) is 0.734. The number of carbonyl (C=O) groups excluding carboxylic acids is 2. The molecule has 2 aromatic carbocycles. The second-order valence-electron chi connectivity index (χ2n) is 10.4. The number of benzene rings is 2. The molecule has 7 nitrogen and oxygen atoms in total. The van der Waals surface area contributed by atoms with Crippen LogP contribution in [0.15, 0.2) is 48.5 Å². The molecule has 0 radical (unpaired) electrons. The second kappa shape index (κ2) is 10.3. The minimum atomic E-state index is -4.49. The predicted octanol–water partition coefficient (Wildman–Crippen LogP) is 6.02. The lowest BCUT2D eigenvalue weighted by atomic mass is 10.0. The fourth-order valence-electron chi connectivity index (χ4n) is 5.31. The Kier molecular flexibility index (Phi) is 6.85. The molecule has 2 aliphatic rings. The van der Waals surface area contributed by atoms with E-state index in [9.17, 15) is 22.8 Å². The largest absolute Gasteiger partial charge is 0.416 e. The molecule has 40 heavy (non-hydrogen) atoms. The van der Waals surface area contributed by atoms with Crippen molar-refractivity contribution in [3.63, 3.8) is 0 Å². The Hall–Kier alpha value is -3.73. The summed E-state index contributed by atoms with van der Waals surface area (Å²) < 4.78 is 42.0. The number of amides is 2. The van der Waals surface area contributed by atoms with E-state index in [0.29, 0.717) is 29.1 Å². The van der Waals surface area contributed by atoms with Crippen LogP contribution in [0.5, 0.6) is 0 Å². The van der Waals surface area contributed by atoms with Gasteiger partial charge < -0.3 is 10.2 Å². The van der Waals surface area contributed by atoms with Gasteiger partial charge in [-0.25, -0.2) is 4.98 Å². The number of nitrogens with zero attached hydrogens (tertiary/aromatic N) is 4. The predicted molar refractivity (Wildman–Crippen MR) is 146 cm³/mol. The van der Waals surface area contributed by atoms with Crippen LogP contribution in [0, 0.1) is 0 Å². The van der Waals surface area contributed by atoms with E-state index in [0.717, 1.165) is 53.7 Å². The monoisotopic (exact) mass is 567 g/mol. The van der Waals surface area contributed by atoms with Crippen LogP contribution in [0.3, 0.4) is 0 Å². The summed E-state index contributed by atoms with van der Waals surface area (Å²) in [6.07, 6.45) is -0.151. The smallest absolute Gasteiger partial charge is 0.349 e. The van der Waals surface area contributed by atoms with Crippen molar-refractivity contribution < 1.29 is 22.8 Å². The standard InChI is InChI=1S/C29H28F3N5O2S/c1-36-22-11-3-2-10-21(22)23(35-36)26(38)33-16-20-9-4-5-14-37(20)28(39)24-25(40-27(34-24)17-12-13-17)18-7-6-8-19(15-18)29(30,31)32/h2-3,6-8,10-11,15,17,20H,4-5,9,12-14,16H2,1H3,(H,33,38)/t20-/m0/s1. The van der Waals surface area contributed by atoms with Crippen molar-refractivity contribution in [1.82, 2.24) is 25.0 Å². The number of carbonyl (C=O) groups is 2. The average Bonchev–Trinajstić information content (AvgIpc) is 3.62. The molecule has 4 aromatic rings. The maximum atomic E-state index is 14.0. The van der Waals surface area contributed by atoms with Gasteiger partial charge in [-0.05, 0) is 55.9 Å². The zero-order valence-electron chi connectivity index (χ0n) is 21.9. The lowest BCUT2D eigenvalue weighted by Crippen LogP contribution is -2.49. The van der Waals surface area contributed by atoms with Crippen LogP contribution in [0.1, 0.15) is 69.6 Å². The van der Waals surface area contributed by atoms with Gasteiger partial charge in [0.15, 0.2) is 5.69 Å². The topological polar surface area (TPSA) is 80.1 Å². The second-order valence-corrected chi connectivity index (χ2v) is 11.5. The molecule has 0 unspecified atom stereocenters. The van der Waals surface area contributed by atoms with Gasteiger partial charge in [0.25, 0.3) is 11.8 Å². The number of aromatic nitrogens is 3. The molecule has 1 atom stereocenters. The minimum absolute atomic E-state index is 0.195. The number of alkyl halides is 3. The fourth-order valence-corrected chi connectivity index (χ4v) is 6.53. The van der Waals surface area contributed by atoms with Crippen molar-refractivity contribution in [2.24, 2.45) is 7.05 Å². The van der Waals surface area contributed by atoms with Crippen molar-refractivity contribution in [3.05, 3.63) is 70.5 Å². The van der Waals surface area contributed by atoms with E-state index >= 15 is 0 Å². The summed E-state index contributed by atoms with van der Waals surface area (Å²) in [5.41, 5.74) is 0.948. The molecule has 11 heteroatoms. The van der Waals surface area contributed by atoms with E-state index < -0.39 is 11.7 Å². The summed E-state index contributed by atoms with van der Waals surface area (Å²) >= 11 is 1.31. The number of aryl methyl sites for hydroxylation is 1. The molecule has 1 N–H and O–H groups in total. The molecule has 3 heterocycles. The zero-order chi connectivity index (χ0) is 28.0. The van der Waals surface area contributed by atoms with Crippen LogP contribution in [-0.2, 0) is 13.2 Å². The van der Waals surface area contributed by atoms with E-state index in [1.807, 2.05) is 24.3 Å². The highest BCUT2D eigenvalue weighted by atomic mass is 32.1. The van der Waals surface area contributed by atoms with Gasteiger partial charge in [-0.3, -0.25) is 14.3 Å². The highest BCUT2D eigenvalue weighted by Crippen LogP contribution is 2.45. The zero-order valence-corrected chi connectivity index (χ0v) is 22.7. The summed E-state index contributed by atoms with van der Waals surface area (Å²) in [5, 5.41) is 8.89. The van der Waals surface area contributed by atoms with Crippen molar-refractivity contribution in [3.8, 4) is 10.4 Å². The maximum absolute atomic E-state index is 14.0. The number of nitrogens with one attached hydrogen (secondary N) is 1. The Bertz CT molecular complexity index is 1590. The van der Waals surface area contributed by atoms with Gasteiger partial charge in [0.2, 0.25) is 0 Å². The van der Waals surface area contributed by atoms with Gasteiger partial charge in [0.1, 0.15) is 5.69 Å². The summed E-state index contributed by atoms with van der Waals surface area (Å²) in [5.74, 6) is -0.373. The van der Waals surface area contributed by atoms with Crippen molar-refractivity contribution in [1.29, 1.82) is 0 Å². The van der Waals surface area contributed by atoms with Crippen LogP contribution in [-0.4, -0.2) is 50.6 Å². The Labute approximate surface area is 233 Å². The van der Waals surface area contributed by atoms with E-state index in [1.54, 1.807) is 22.7 Å². The maximum Gasteiger partial charge on any atom is 0.416 e. The molecule has 2 aromatic heterocycles. The first-order valence-corrected chi connectivity index (χ1v) is 14.2. The number of piperidine rings is 1. The van der Waals surface area contributed by atoms with Crippen molar-refractivity contribution in [2.45, 2.75) is 50.2 Å². The molecule has 1 aliphatic heterocycles. The first-order chi connectivity index (χ1) is 19.2. The molecule has 0 spiro atoms. The summed E-state index contributed by atoms with van der Waals surface area (Å²) in [7, 11) is 1.78. The van der Waals surface area contributed by atoms with Crippen molar-refractivity contribution in [2.75, 3.05) is 13.1 Å². The first-order valence-electron chi connectivity index (χ1n) is 13.4. The van der Waals surface area contributed by atoms with Gasteiger partial charge in [-0.15, -0.1) is 11.3 Å². The fraction of sp³-hybridized carbons (Fsp3) is 0.379. The average molecular weight is 568 g/mol. The third kappa shape index (κ3) is 5.10. The van der Waals surface area contributed by atoms with Gasteiger partial charge in [-0.1, -0.05) is 30.3 Å². The third-order valence-electron chi connectivity index (χ3n) is 7.58. The molecule has 0 bridgehead atoms. The Morgan fingerprint density at radius 1 is 1.05 bits per heavy atom. The molecule has 1 aliphatic carbocycles. The Morgan fingerprint density at radius 3 is 2.62 bits per heavy atom. The van der Waals surface area contributed by atoms with E-state index in [2.05, 4.69) is 15.4 Å². The van der Waals surface area contributed by atoms with Gasteiger partial charge in [0, 0.05) is 37.5 Å². The lowest BCUT2D eigenvalue weighted by Gasteiger charge is -2.35. The normalized spacial score (nSPS) is 17.8. The molecule has 208 valence electrons. The van der Waals surface area contributed by atoms with Crippen LogP contribution in [0.25, 0.3) is 21.3 Å². The van der Waals surface area contributed by atoms with Crippen LogP contribution >= 0.6 is 11.3 Å². The number of thiazole rings is 1. The molecule has 1 saturated carbocycles. The molecule has 1 saturated heterocycles. The van der Waals surface area contributed by atoms with Crippen LogP contribution in [0.4, 0.5) is 13.2 Å². The lowest BCUT2D eigenvalue weighted by molar-refractivity contribution is -0.137. The van der Waals surface area contributed by atoms with E-state index in [1.165, 1.54) is 17.4 Å². The summed E-state index contributed by atoms with van der Waals surface area (Å²) in [6, 6.07) is 12.3. The molecule has 6 rings (SSSR count). The number of likely N-dealkylation sites (tertiary alicyclic amines) is 1. The number of para-hydroxylation sites is 1. The van der Waals surface area contributed by atoms with Gasteiger partial charge in [-0.2, -0.15) is 18.3 Å². The van der Waals surface area contributed by atoms with E-state index in [-0.39, 0.29) is 36.0 Å². The number of halogens is 3. The summed E-state index contributed by atoms with van der Waals surface area (Å²) in [4.78, 5) is 33.9. The molecular weight excluding hydrogens is 539 g/mol. The first kappa shape index (κ1) is 26.5. The highest BCUT2D eigenvalue weighted by Gasteiger charge is 2.36. The van der Waals surface area contributed by atoms with Crippen molar-refractivity contribution >= 4 is 34.1 Å². The number of fused-ring (bicyclic) bond motifs is 1.